The summed E-state index contributed by atoms with van der Waals surface area (Å²) in [6.07, 6.45) is 0.138. The number of likely N-dealkylation sites (N-methyl/N-ethyl adjacent to an activating group) is 1. The van der Waals surface area contributed by atoms with Crippen LogP contribution < -0.4 is 4.74 Å². The van der Waals surface area contributed by atoms with Gasteiger partial charge in [-0.2, -0.15) is 0 Å². The lowest BCUT2D eigenvalue weighted by molar-refractivity contribution is -0.138. The van der Waals surface area contributed by atoms with Crippen molar-refractivity contribution in [2.24, 2.45) is 0 Å². The molecule has 0 aliphatic rings. The van der Waals surface area contributed by atoms with Crippen molar-refractivity contribution in [3.8, 4) is 16.9 Å². The normalized spacial score (nSPS) is 11.6. The number of benzene rings is 3. The fourth-order valence-corrected chi connectivity index (χ4v) is 3.01. The fourth-order valence-electron chi connectivity index (χ4n) is 3.01. The molecule has 138 valence electrons. The van der Waals surface area contributed by atoms with Crippen molar-refractivity contribution < 1.29 is 9.53 Å². The van der Waals surface area contributed by atoms with Crippen LogP contribution in [-0.4, -0.2) is 24.0 Å². The maximum Gasteiger partial charge on any atom is 0.263 e. The van der Waals surface area contributed by atoms with E-state index in [1.807, 2.05) is 86.8 Å². The number of hydrogen-bond donors (Lipinski definition) is 0. The van der Waals surface area contributed by atoms with Gasteiger partial charge in [0, 0.05) is 13.6 Å². The first-order valence-corrected chi connectivity index (χ1v) is 9.28. The Morgan fingerprint density at radius 3 is 2.00 bits per heavy atom. The number of carbonyl (C=O) groups excluding carboxylic acids is 1. The summed E-state index contributed by atoms with van der Waals surface area (Å²) in [5.74, 6) is 0.705. The van der Waals surface area contributed by atoms with E-state index >= 15 is 0 Å². The highest BCUT2D eigenvalue weighted by atomic mass is 16.5. The second-order valence-electron chi connectivity index (χ2n) is 6.59. The minimum atomic E-state index is -0.485. The predicted molar refractivity (Wildman–Crippen MR) is 110 cm³/mol. The number of ether oxygens (including phenoxy) is 1. The van der Waals surface area contributed by atoms with Gasteiger partial charge >= 0.3 is 0 Å². The largest absolute Gasteiger partial charge is 0.481 e. The molecule has 1 atom stereocenters. The van der Waals surface area contributed by atoms with Gasteiger partial charge in [0.1, 0.15) is 5.75 Å². The Bertz CT molecular complexity index is 845. The van der Waals surface area contributed by atoms with Gasteiger partial charge in [-0.05, 0) is 35.2 Å². The van der Waals surface area contributed by atoms with Crippen LogP contribution in [0.5, 0.6) is 5.75 Å². The fraction of sp³-hybridized carbons (Fsp3) is 0.208. The quantitative estimate of drug-likeness (QED) is 0.582. The first kappa shape index (κ1) is 18.7. The Labute approximate surface area is 161 Å². The highest BCUT2D eigenvalue weighted by Crippen LogP contribution is 2.23. The Hall–Kier alpha value is -3.07. The molecular formula is C24H25NO2. The molecule has 0 radical (unpaired) electrons. The topological polar surface area (TPSA) is 29.5 Å². The average Bonchev–Trinajstić information content (AvgIpc) is 2.73. The highest BCUT2D eigenvalue weighted by Gasteiger charge is 2.22. The van der Waals surface area contributed by atoms with E-state index < -0.39 is 6.10 Å². The monoisotopic (exact) mass is 359 g/mol. The third kappa shape index (κ3) is 4.98. The van der Waals surface area contributed by atoms with E-state index in [0.29, 0.717) is 18.7 Å². The standard InChI is InChI=1S/C24H25NO2/c1-3-23(24(26)25(2)18-19-10-6-4-7-11-19)27-22-16-14-21(15-17-22)20-12-8-5-9-13-20/h4-17,23H,3,18H2,1-2H3. The summed E-state index contributed by atoms with van der Waals surface area (Å²) in [5, 5.41) is 0. The zero-order chi connectivity index (χ0) is 19.1. The molecule has 3 aromatic carbocycles. The van der Waals surface area contributed by atoms with E-state index in [4.69, 9.17) is 4.74 Å². The maximum atomic E-state index is 12.8. The summed E-state index contributed by atoms with van der Waals surface area (Å²) in [6.45, 7) is 2.55. The van der Waals surface area contributed by atoms with Crippen molar-refractivity contribution >= 4 is 5.91 Å². The molecule has 0 spiro atoms. The average molecular weight is 359 g/mol. The molecule has 3 aromatic rings. The molecule has 27 heavy (non-hydrogen) atoms. The van der Waals surface area contributed by atoms with Crippen molar-refractivity contribution in [3.05, 3.63) is 90.5 Å². The lowest BCUT2D eigenvalue weighted by Crippen LogP contribution is -2.39. The molecule has 1 amide bonds. The first-order valence-electron chi connectivity index (χ1n) is 9.28. The van der Waals surface area contributed by atoms with E-state index in [-0.39, 0.29) is 5.91 Å². The molecule has 0 fully saturated rings. The molecule has 0 aromatic heterocycles. The van der Waals surface area contributed by atoms with Crippen molar-refractivity contribution in [1.29, 1.82) is 0 Å². The number of rotatable bonds is 7. The lowest BCUT2D eigenvalue weighted by Gasteiger charge is -2.24. The maximum absolute atomic E-state index is 12.8. The Morgan fingerprint density at radius 1 is 0.852 bits per heavy atom. The predicted octanol–water partition coefficient (Wildman–Crippen LogP) is 5.17. The molecule has 0 bridgehead atoms. The van der Waals surface area contributed by atoms with Gasteiger partial charge in [0.2, 0.25) is 0 Å². The summed E-state index contributed by atoms with van der Waals surface area (Å²) in [6, 6.07) is 28.1. The molecule has 0 aliphatic heterocycles. The van der Waals surface area contributed by atoms with Crippen molar-refractivity contribution in [1.82, 2.24) is 4.90 Å². The second-order valence-corrected chi connectivity index (χ2v) is 6.59. The van der Waals surface area contributed by atoms with Crippen LogP contribution in [0.3, 0.4) is 0 Å². The van der Waals surface area contributed by atoms with E-state index in [9.17, 15) is 4.79 Å². The third-order valence-electron chi connectivity index (χ3n) is 4.52. The summed E-state index contributed by atoms with van der Waals surface area (Å²) < 4.78 is 5.98. The molecule has 0 N–H and O–H groups in total. The van der Waals surface area contributed by atoms with Crippen LogP contribution in [0.1, 0.15) is 18.9 Å². The van der Waals surface area contributed by atoms with Crippen LogP contribution in [0.4, 0.5) is 0 Å². The van der Waals surface area contributed by atoms with Crippen LogP contribution >= 0.6 is 0 Å². The van der Waals surface area contributed by atoms with Crippen molar-refractivity contribution in [2.45, 2.75) is 26.0 Å². The van der Waals surface area contributed by atoms with Crippen LogP contribution in [0.2, 0.25) is 0 Å². The van der Waals surface area contributed by atoms with Gasteiger partial charge in [-0.25, -0.2) is 0 Å². The van der Waals surface area contributed by atoms with Gasteiger partial charge in [-0.3, -0.25) is 4.79 Å². The minimum absolute atomic E-state index is 0.00603. The Morgan fingerprint density at radius 2 is 1.41 bits per heavy atom. The smallest absolute Gasteiger partial charge is 0.263 e. The molecular weight excluding hydrogens is 334 g/mol. The van der Waals surface area contributed by atoms with Gasteiger partial charge in [0.15, 0.2) is 6.10 Å². The van der Waals surface area contributed by atoms with Crippen LogP contribution in [0.15, 0.2) is 84.9 Å². The number of hydrogen-bond acceptors (Lipinski definition) is 2. The van der Waals surface area contributed by atoms with Gasteiger partial charge in [0.05, 0.1) is 0 Å². The second kappa shape index (κ2) is 9.04. The van der Waals surface area contributed by atoms with Gasteiger partial charge in [-0.15, -0.1) is 0 Å². The molecule has 0 aliphatic carbocycles. The van der Waals surface area contributed by atoms with Gasteiger partial charge in [-0.1, -0.05) is 79.7 Å². The molecule has 3 nitrogen and oxygen atoms in total. The zero-order valence-electron chi connectivity index (χ0n) is 15.8. The van der Waals surface area contributed by atoms with Gasteiger partial charge in [0.25, 0.3) is 5.91 Å². The first-order chi connectivity index (χ1) is 13.2. The lowest BCUT2D eigenvalue weighted by atomic mass is 10.1. The van der Waals surface area contributed by atoms with E-state index in [2.05, 4.69) is 12.1 Å². The summed E-state index contributed by atoms with van der Waals surface area (Å²) in [4.78, 5) is 14.5. The molecule has 0 saturated carbocycles. The molecule has 0 heterocycles. The zero-order valence-corrected chi connectivity index (χ0v) is 15.8. The van der Waals surface area contributed by atoms with Crippen LogP contribution in [0.25, 0.3) is 11.1 Å². The molecule has 0 saturated heterocycles. The summed E-state index contributed by atoms with van der Waals surface area (Å²) in [7, 11) is 1.82. The van der Waals surface area contributed by atoms with E-state index in [1.54, 1.807) is 4.90 Å². The summed E-state index contributed by atoms with van der Waals surface area (Å²) >= 11 is 0. The van der Waals surface area contributed by atoms with Crippen LogP contribution in [0, 0.1) is 0 Å². The molecule has 3 heteroatoms. The Balaban J connectivity index is 1.64. The number of amides is 1. The van der Waals surface area contributed by atoms with E-state index in [0.717, 1.165) is 16.7 Å². The van der Waals surface area contributed by atoms with Gasteiger partial charge < -0.3 is 9.64 Å². The Kier molecular flexibility index (Phi) is 6.26. The minimum Gasteiger partial charge on any atom is -0.481 e. The van der Waals surface area contributed by atoms with Crippen molar-refractivity contribution in [3.63, 3.8) is 0 Å². The number of nitrogens with zero attached hydrogens (tertiary/aromatic N) is 1. The third-order valence-corrected chi connectivity index (χ3v) is 4.52. The van der Waals surface area contributed by atoms with Crippen molar-refractivity contribution in [2.75, 3.05) is 7.05 Å². The molecule has 3 rings (SSSR count). The molecule has 1 unspecified atom stereocenters. The SMILES string of the molecule is CCC(Oc1ccc(-c2ccccc2)cc1)C(=O)N(C)Cc1ccccc1. The summed E-state index contributed by atoms with van der Waals surface area (Å²) in [5.41, 5.74) is 3.40. The number of carbonyl (C=O) groups is 1. The van der Waals surface area contributed by atoms with Crippen LogP contribution in [-0.2, 0) is 11.3 Å². The van der Waals surface area contributed by atoms with E-state index in [1.165, 1.54) is 0 Å². The highest BCUT2D eigenvalue weighted by molar-refractivity contribution is 5.81.